The third-order valence-corrected chi connectivity index (χ3v) is 8.01. The summed E-state index contributed by atoms with van der Waals surface area (Å²) in [6, 6.07) is 18.3. The van der Waals surface area contributed by atoms with Gasteiger partial charge >= 0.3 is 0 Å². The number of benzene rings is 2. The quantitative estimate of drug-likeness (QED) is 0.301. The van der Waals surface area contributed by atoms with Crippen molar-refractivity contribution >= 4 is 40.1 Å². The maximum Gasteiger partial charge on any atom is 0.295 e. The van der Waals surface area contributed by atoms with Gasteiger partial charge < -0.3 is 4.57 Å². The Kier molecular flexibility index (Phi) is 7.31. The first-order chi connectivity index (χ1) is 18.2. The molecule has 38 heavy (non-hydrogen) atoms. The molecule has 5 rings (SSSR count). The van der Waals surface area contributed by atoms with E-state index in [0.29, 0.717) is 39.0 Å². The Labute approximate surface area is 227 Å². The smallest absolute Gasteiger partial charge is 0.295 e. The largest absolute Gasteiger partial charge is 0.311 e. The molecule has 11 heteroatoms. The Balaban J connectivity index is 1.43. The second kappa shape index (κ2) is 10.7. The van der Waals surface area contributed by atoms with E-state index in [0.717, 1.165) is 34.0 Å². The topological polar surface area (TPSA) is 68.6 Å². The predicted molar refractivity (Wildman–Crippen MR) is 152 cm³/mol. The molecule has 0 fully saturated rings. The number of aromatic nitrogens is 3. The van der Waals surface area contributed by atoms with Gasteiger partial charge in [0.05, 0.1) is 22.8 Å². The Morgan fingerprint density at radius 1 is 1.05 bits per heavy atom. The molecule has 1 aliphatic rings. The second-order valence-corrected chi connectivity index (χ2v) is 10.8. The van der Waals surface area contributed by atoms with Crippen molar-refractivity contribution < 1.29 is 8.78 Å². The van der Waals surface area contributed by atoms with Gasteiger partial charge in [-0.05, 0) is 63.2 Å². The lowest BCUT2D eigenvalue weighted by Gasteiger charge is -2.15. The lowest BCUT2D eigenvalue weighted by molar-refractivity contribution is 0.252. The van der Waals surface area contributed by atoms with Crippen LogP contribution in [0, 0.1) is 20.8 Å². The van der Waals surface area contributed by atoms with Crippen LogP contribution in [-0.4, -0.2) is 36.3 Å². The summed E-state index contributed by atoms with van der Waals surface area (Å²) < 4.78 is 30.6. The fourth-order valence-corrected chi connectivity index (χ4v) is 5.81. The number of thioether (sulfide) groups is 2. The molecule has 196 valence electrons. The fourth-order valence-electron chi connectivity index (χ4n) is 4.54. The second-order valence-electron chi connectivity index (χ2n) is 8.78. The van der Waals surface area contributed by atoms with Crippen LogP contribution in [0.2, 0.25) is 0 Å². The van der Waals surface area contributed by atoms with Crippen LogP contribution >= 0.6 is 23.5 Å². The zero-order valence-corrected chi connectivity index (χ0v) is 22.9. The summed E-state index contributed by atoms with van der Waals surface area (Å²) in [5, 5.41) is 5.19. The number of rotatable bonds is 6. The molecule has 0 saturated carbocycles. The number of nitrogens with one attached hydrogen (secondary N) is 1. The lowest BCUT2D eigenvalue weighted by atomic mass is 10.1. The molecule has 0 unspecified atom stereocenters. The van der Waals surface area contributed by atoms with Gasteiger partial charge in [0.2, 0.25) is 0 Å². The summed E-state index contributed by atoms with van der Waals surface area (Å²) >= 11 is 2.02. The van der Waals surface area contributed by atoms with E-state index < -0.39 is 5.76 Å². The van der Waals surface area contributed by atoms with Crippen LogP contribution in [0.3, 0.4) is 0 Å². The number of nitrogens with zero attached hydrogens (tertiary/aromatic N) is 5. The van der Waals surface area contributed by atoms with E-state index >= 15 is 0 Å². The molecule has 0 aliphatic carbocycles. The summed E-state index contributed by atoms with van der Waals surface area (Å²) in [6.45, 7) is 5.94. The maximum atomic E-state index is 13.6. The molecule has 0 radical (unpaired) electrons. The minimum Gasteiger partial charge on any atom is -0.311 e. The first kappa shape index (κ1) is 26.1. The number of hydrogen-bond donors (Lipinski definition) is 1. The standard InChI is InChI=1S/C27H26F2N6OS2/c1-16-14-22(23-15-37-27(32-31-23)30-19-10-12-21(13-11-19)38-26(28)29)17(2)34(16)24-18(3)33(4)35(25(24)36)20-8-6-5-7-9-20/h5-14,26H,15H2,1-4H3,(H,30,32). The van der Waals surface area contributed by atoms with E-state index in [9.17, 15) is 13.6 Å². The molecule has 2 aromatic heterocycles. The normalized spacial score (nSPS) is 14.7. The molecule has 0 saturated heterocycles. The van der Waals surface area contributed by atoms with Crippen LogP contribution in [-0.2, 0) is 7.05 Å². The minimum absolute atomic E-state index is 0.0879. The van der Waals surface area contributed by atoms with Gasteiger partial charge in [0.1, 0.15) is 5.69 Å². The van der Waals surface area contributed by atoms with Crippen molar-refractivity contribution in [1.29, 1.82) is 0 Å². The molecular formula is C27H26F2N6OS2. The monoisotopic (exact) mass is 552 g/mol. The number of alkyl halides is 2. The number of hydrogen-bond acceptors (Lipinski definition) is 5. The highest BCUT2D eigenvalue weighted by Crippen LogP contribution is 2.28. The van der Waals surface area contributed by atoms with Gasteiger partial charge in [-0.15, -0.1) is 0 Å². The summed E-state index contributed by atoms with van der Waals surface area (Å²) in [7, 11) is 1.89. The number of amidine groups is 1. The number of halogens is 2. The number of aryl methyl sites for hydroxylation is 1. The van der Waals surface area contributed by atoms with Crippen molar-refractivity contribution in [1.82, 2.24) is 19.4 Å². The average Bonchev–Trinajstić information content (AvgIpc) is 3.31. The molecule has 0 amide bonds. The van der Waals surface area contributed by atoms with Crippen LogP contribution in [0.1, 0.15) is 22.6 Å². The highest BCUT2D eigenvalue weighted by molar-refractivity contribution is 8.14. The molecule has 0 bridgehead atoms. The van der Waals surface area contributed by atoms with Crippen molar-refractivity contribution in [3.05, 3.63) is 93.7 Å². The third kappa shape index (κ3) is 4.95. The number of hydrazone groups is 1. The highest BCUT2D eigenvalue weighted by atomic mass is 32.2. The van der Waals surface area contributed by atoms with Gasteiger partial charge in [0.15, 0.2) is 5.17 Å². The van der Waals surface area contributed by atoms with Crippen molar-refractivity contribution in [2.75, 3.05) is 5.75 Å². The Hall–Kier alpha value is -3.57. The summed E-state index contributed by atoms with van der Waals surface area (Å²) in [5.74, 6) is -1.86. The third-order valence-electron chi connectivity index (χ3n) is 6.41. The minimum atomic E-state index is -2.45. The first-order valence-corrected chi connectivity index (χ1v) is 13.7. The van der Waals surface area contributed by atoms with Gasteiger partial charge in [-0.3, -0.25) is 14.9 Å². The average molecular weight is 553 g/mol. The number of para-hydroxylation sites is 1. The summed E-state index contributed by atoms with van der Waals surface area (Å²) in [5.41, 5.74) is 9.56. The van der Waals surface area contributed by atoms with Gasteiger partial charge in [0.25, 0.3) is 11.3 Å². The molecule has 3 heterocycles. The van der Waals surface area contributed by atoms with E-state index in [1.54, 1.807) is 28.9 Å². The van der Waals surface area contributed by atoms with Crippen LogP contribution in [0.4, 0.5) is 14.5 Å². The molecule has 1 aliphatic heterocycles. The van der Waals surface area contributed by atoms with E-state index in [1.165, 1.54) is 11.8 Å². The molecule has 0 spiro atoms. The zero-order chi connectivity index (χ0) is 27.0. The van der Waals surface area contributed by atoms with Crippen molar-refractivity contribution in [3.63, 3.8) is 0 Å². The molecule has 0 atom stereocenters. The highest BCUT2D eigenvalue weighted by Gasteiger charge is 2.24. The fraction of sp³-hybridized carbons (Fsp3) is 0.222. The predicted octanol–water partition coefficient (Wildman–Crippen LogP) is 5.93. The van der Waals surface area contributed by atoms with Crippen LogP contribution in [0.15, 0.2) is 80.4 Å². The Morgan fingerprint density at radius 3 is 2.39 bits per heavy atom. The van der Waals surface area contributed by atoms with Gasteiger partial charge in [-0.25, -0.2) is 9.67 Å². The van der Waals surface area contributed by atoms with E-state index in [1.807, 2.05) is 67.4 Å². The van der Waals surface area contributed by atoms with Crippen molar-refractivity contribution in [3.8, 4) is 11.4 Å². The van der Waals surface area contributed by atoms with E-state index in [4.69, 9.17) is 0 Å². The van der Waals surface area contributed by atoms with Gasteiger partial charge in [0, 0.05) is 34.6 Å². The molecule has 1 N–H and O–H groups in total. The van der Waals surface area contributed by atoms with Crippen LogP contribution in [0.25, 0.3) is 11.4 Å². The molecule has 4 aromatic rings. The van der Waals surface area contributed by atoms with Crippen molar-refractivity contribution in [2.24, 2.45) is 17.1 Å². The maximum absolute atomic E-state index is 13.6. The Morgan fingerprint density at radius 2 is 1.76 bits per heavy atom. The van der Waals surface area contributed by atoms with Gasteiger partial charge in [-0.1, -0.05) is 41.7 Å². The summed E-state index contributed by atoms with van der Waals surface area (Å²) in [6.07, 6.45) is 0. The molecule has 2 aromatic carbocycles. The van der Waals surface area contributed by atoms with Crippen LogP contribution in [0.5, 0.6) is 0 Å². The Bertz CT molecular complexity index is 1600. The molecule has 7 nitrogen and oxygen atoms in total. The first-order valence-electron chi connectivity index (χ1n) is 11.9. The summed E-state index contributed by atoms with van der Waals surface area (Å²) in [4.78, 5) is 18.6. The zero-order valence-electron chi connectivity index (χ0n) is 21.3. The number of aliphatic imine (C=N–C) groups is 1. The van der Waals surface area contributed by atoms with Crippen LogP contribution < -0.4 is 11.0 Å². The van der Waals surface area contributed by atoms with E-state index in [-0.39, 0.29) is 5.56 Å². The van der Waals surface area contributed by atoms with Gasteiger partial charge in [-0.2, -0.15) is 13.9 Å². The molecular weight excluding hydrogens is 526 g/mol. The lowest BCUT2D eigenvalue weighted by Crippen LogP contribution is -2.25. The van der Waals surface area contributed by atoms with Crippen molar-refractivity contribution in [2.45, 2.75) is 31.4 Å². The SMILES string of the molecule is Cc1cc(C2=NNC(=Nc3ccc(SC(F)F)cc3)SC2)c(C)n1-c1c(C)n(C)n(-c2ccccc2)c1=O. The van der Waals surface area contributed by atoms with E-state index in [2.05, 4.69) is 21.6 Å².